The Morgan fingerprint density at radius 1 is 0.967 bits per heavy atom. The van der Waals surface area contributed by atoms with Crippen LogP contribution >= 0.6 is 11.3 Å². The summed E-state index contributed by atoms with van der Waals surface area (Å²) in [4.78, 5) is 13.0. The van der Waals surface area contributed by atoms with Crippen LogP contribution in [0, 0.1) is 11.6 Å². The van der Waals surface area contributed by atoms with E-state index in [1.54, 1.807) is 17.5 Å². The zero-order chi connectivity index (χ0) is 20.2. The Labute approximate surface area is 173 Å². The molecule has 0 saturated heterocycles. The van der Waals surface area contributed by atoms with Crippen molar-refractivity contribution in [1.29, 1.82) is 0 Å². The summed E-state index contributed by atoms with van der Waals surface area (Å²) in [5.74, 6) is -0.716. The quantitative estimate of drug-likeness (QED) is 0.461. The smallest absolute Gasteiger partial charge is 0.167 e. The van der Waals surface area contributed by atoms with Crippen molar-refractivity contribution in [2.75, 3.05) is 0 Å². The Kier molecular flexibility index (Phi) is 3.82. The first-order valence-electron chi connectivity index (χ1n) is 9.50. The van der Waals surface area contributed by atoms with Crippen LogP contribution in [0.2, 0.25) is 0 Å². The Hall–Kier alpha value is -3.39. The van der Waals surface area contributed by atoms with E-state index in [-0.39, 0.29) is 5.56 Å². The molecule has 30 heavy (non-hydrogen) atoms. The van der Waals surface area contributed by atoms with Crippen molar-refractivity contribution >= 4 is 33.5 Å². The second-order valence-corrected chi connectivity index (χ2v) is 8.33. The Morgan fingerprint density at radius 3 is 2.63 bits per heavy atom. The van der Waals surface area contributed by atoms with Gasteiger partial charge in [-0.25, -0.2) is 18.7 Å². The normalized spacial score (nSPS) is 15.7. The van der Waals surface area contributed by atoms with Gasteiger partial charge >= 0.3 is 0 Å². The van der Waals surface area contributed by atoms with E-state index < -0.39 is 11.6 Å². The Morgan fingerprint density at radius 2 is 1.87 bits per heavy atom. The number of hydrogen-bond acceptors (Lipinski definition) is 6. The van der Waals surface area contributed by atoms with E-state index in [0.717, 1.165) is 43.8 Å². The van der Waals surface area contributed by atoms with E-state index in [0.29, 0.717) is 11.6 Å². The summed E-state index contributed by atoms with van der Waals surface area (Å²) >= 11 is 1.57. The van der Waals surface area contributed by atoms with Crippen molar-refractivity contribution in [3.05, 3.63) is 76.7 Å². The minimum absolute atomic E-state index is 0.275. The average Bonchev–Trinajstić information content (AvgIpc) is 3.46. The van der Waals surface area contributed by atoms with Crippen LogP contribution in [0.3, 0.4) is 0 Å². The lowest BCUT2D eigenvalue weighted by Crippen LogP contribution is -2.12. The molecular formula is C22H13F2N5S. The lowest BCUT2D eigenvalue weighted by atomic mass is 9.92. The van der Waals surface area contributed by atoms with Gasteiger partial charge in [0.2, 0.25) is 0 Å². The Bertz CT molecular complexity index is 1390. The molecule has 3 heterocycles. The van der Waals surface area contributed by atoms with Crippen LogP contribution in [0.25, 0.3) is 27.2 Å². The number of aliphatic imine (C=N–C) groups is 1. The van der Waals surface area contributed by atoms with Crippen LogP contribution in [0.4, 0.5) is 8.78 Å². The van der Waals surface area contributed by atoms with E-state index in [2.05, 4.69) is 25.2 Å². The fraction of sp³-hybridized carbons (Fsp3) is 0.136. The molecule has 0 amide bonds. The monoisotopic (exact) mass is 417 g/mol. The first-order valence-corrected chi connectivity index (χ1v) is 10.3. The summed E-state index contributed by atoms with van der Waals surface area (Å²) in [6, 6.07) is 9.29. The highest BCUT2D eigenvalue weighted by molar-refractivity contribution is 7.14. The van der Waals surface area contributed by atoms with Gasteiger partial charge in [0.15, 0.2) is 5.01 Å². The highest BCUT2D eigenvalue weighted by atomic mass is 32.1. The molecule has 2 aromatic carbocycles. The predicted octanol–water partition coefficient (Wildman–Crippen LogP) is 5.15. The van der Waals surface area contributed by atoms with Gasteiger partial charge in [0, 0.05) is 34.7 Å². The van der Waals surface area contributed by atoms with Crippen LogP contribution in [0.5, 0.6) is 0 Å². The number of rotatable bonds is 4. The van der Waals surface area contributed by atoms with Gasteiger partial charge in [-0.15, -0.1) is 10.2 Å². The minimum Gasteiger partial charge on any atom is -0.255 e. The van der Waals surface area contributed by atoms with E-state index in [1.165, 1.54) is 31.3 Å². The highest BCUT2D eigenvalue weighted by Gasteiger charge is 2.28. The maximum absolute atomic E-state index is 14.2. The molecule has 146 valence electrons. The van der Waals surface area contributed by atoms with Crippen LogP contribution < -0.4 is 0 Å². The lowest BCUT2D eigenvalue weighted by molar-refractivity contribution is 0.582. The minimum atomic E-state index is -0.634. The molecule has 0 atom stereocenters. The first kappa shape index (κ1) is 17.5. The summed E-state index contributed by atoms with van der Waals surface area (Å²) in [6.45, 7) is 0. The standard InChI is InChI=1S/C22H13F2N5S/c23-13-4-5-14(17(24)8-13)19-16(9-25-19)12-3-6-18-15(7-12)20(27-10-26-18)22-29-28-21(30-22)11-1-2-11/h3-11H,1-2H2. The van der Waals surface area contributed by atoms with Crippen molar-refractivity contribution in [3.63, 3.8) is 0 Å². The van der Waals surface area contributed by atoms with Gasteiger partial charge in [-0.05, 0) is 42.7 Å². The predicted molar refractivity (Wildman–Crippen MR) is 111 cm³/mol. The van der Waals surface area contributed by atoms with E-state index in [1.807, 2.05) is 18.2 Å². The molecule has 0 N–H and O–H groups in total. The molecule has 1 aliphatic heterocycles. The zero-order valence-electron chi connectivity index (χ0n) is 15.5. The second-order valence-electron chi connectivity index (χ2n) is 7.32. The van der Waals surface area contributed by atoms with E-state index in [4.69, 9.17) is 0 Å². The van der Waals surface area contributed by atoms with Crippen LogP contribution in [-0.4, -0.2) is 25.9 Å². The maximum Gasteiger partial charge on any atom is 0.167 e. The third-order valence-electron chi connectivity index (χ3n) is 5.28. The van der Waals surface area contributed by atoms with Gasteiger partial charge in [-0.3, -0.25) is 4.99 Å². The van der Waals surface area contributed by atoms with Gasteiger partial charge in [-0.2, -0.15) is 0 Å². The van der Waals surface area contributed by atoms with E-state index in [9.17, 15) is 8.78 Å². The largest absolute Gasteiger partial charge is 0.255 e. The number of allylic oxidation sites excluding steroid dienone is 1. The molecule has 0 unspecified atom stereocenters. The van der Waals surface area contributed by atoms with Crippen molar-refractivity contribution in [2.45, 2.75) is 18.8 Å². The van der Waals surface area contributed by atoms with Gasteiger partial charge in [0.05, 0.1) is 11.2 Å². The molecule has 1 fully saturated rings. The van der Waals surface area contributed by atoms with Crippen molar-refractivity contribution < 1.29 is 8.78 Å². The number of hydrogen-bond donors (Lipinski definition) is 0. The molecule has 1 aliphatic carbocycles. The highest BCUT2D eigenvalue weighted by Crippen LogP contribution is 2.43. The summed E-state index contributed by atoms with van der Waals surface area (Å²) in [5.41, 5.74) is 3.94. The van der Waals surface area contributed by atoms with Crippen molar-refractivity contribution in [2.24, 2.45) is 4.99 Å². The number of halogens is 2. The van der Waals surface area contributed by atoms with Crippen molar-refractivity contribution in [3.8, 4) is 10.7 Å². The molecule has 1 saturated carbocycles. The average molecular weight is 417 g/mol. The summed E-state index contributed by atoms with van der Waals surface area (Å²) in [6.07, 6.45) is 5.54. The SMILES string of the molecule is Fc1ccc(C2=NC=C2c2ccc3ncnc(-c4nnc(C5CC5)s4)c3c2)c(F)c1. The molecule has 4 aromatic rings. The molecule has 5 nitrogen and oxygen atoms in total. The molecule has 0 spiro atoms. The number of aromatic nitrogens is 4. The molecule has 2 aliphatic rings. The molecule has 0 bridgehead atoms. The van der Waals surface area contributed by atoms with Gasteiger partial charge in [-0.1, -0.05) is 17.4 Å². The van der Waals surface area contributed by atoms with Crippen LogP contribution in [-0.2, 0) is 0 Å². The third kappa shape index (κ3) is 2.83. The fourth-order valence-electron chi connectivity index (χ4n) is 3.52. The first-order chi connectivity index (χ1) is 14.7. The van der Waals surface area contributed by atoms with Crippen LogP contribution in [0.1, 0.15) is 34.9 Å². The number of fused-ring (bicyclic) bond motifs is 1. The number of benzene rings is 2. The van der Waals surface area contributed by atoms with E-state index >= 15 is 0 Å². The van der Waals surface area contributed by atoms with Gasteiger partial charge in [0.25, 0.3) is 0 Å². The molecule has 8 heteroatoms. The Balaban J connectivity index is 1.41. The summed E-state index contributed by atoms with van der Waals surface area (Å²) in [5, 5.41) is 11.3. The summed E-state index contributed by atoms with van der Waals surface area (Å²) < 4.78 is 27.5. The second kappa shape index (κ2) is 6.56. The molecule has 6 rings (SSSR count). The molecular weight excluding hydrogens is 404 g/mol. The molecule has 2 aromatic heterocycles. The zero-order valence-corrected chi connectivity index (χ0v) is 16.3. The van der Waals surface area contributed by atoms with Crippen molar-refractivity contribution in [1.82, 2.24) is 20.2 Å². The third-order valence-corrected chi connectivity index (χ3v) is 6.37. The molecule has 0 radical (unpaired) electrons. The topological polar surface area (TPSA) is 63.9 Å². The summed E-state index contributed by atoms with van der Waals surface area (Å²) in [7, 11) is 0. The maximum atomic E-state index is 14.2. The van der Waals surface area contributed by atoms with Gasteiger partial charge < -0.3 is 0 Å². The number of nitrogens with zero attached hydrogens (tertiary/aromatic N) is 5. The fourth-order valence-corrected chi connectivity index (χ4v) is 4.54. The van der Waals surface area contributed by atoms with Gasteiger partial charge in [0.1, 0.15) is 28.7 Å². The lowest BCUT2D eigenvalue weighted by Gasteiger charge is -2.18. The van der Waals surface area contributed by atoms with Crippen LogP contribution in [0.15, 0.2) is 53.9 Å².